The maximum absolute atomic E-state index is 12.4. The maximum Gasteiger partial charge on any atom is 0.340 e. The summed E-state index contributed by atoms with van der Waals surface area (Å²) in [6.45, 7) is 5.35. The molecule has 0 unspecified atom stereocenters. The smallest absolute Gasteiger partial charge is 0.340 e. The van der Waals surface area contributed by atoms with Gasteiger partial charge in [0.2, 0.25) is 0 Å². The van der Waals surface area contributed by atoms with Crippen molar-refractivity contribution in [3.05, 3.63) is 80.6 Å². The molecule has 0 aliphatic rings. The lowest BCUT2D eigenvalue weighted by Gasteiger charge is -2.12. The topological polar surface area (TPSA) is 103 Å². The minimum Gasteiger partial charge on any atom is -0.497 e. The summed E-state index contributed by atoms with van der Waals surface area (Å²) in [6, 6.07) is 8.58. The standard InChI is InChI=1S/C20H19N3O5/c1-4-9-28-19(25)15-10-16-17(21-12(15)2)23(20(26)22-18(16)24)11-13-5-7-14(27-3)8-6-13/h4-8,10H,1,9,11H2,2-3H3,(H,22,24,26). The van der Waals surface area contributed by atoms with Crippen LogP contribution in [0.4, 0.5) is 0 Å². The molecule has 0 atom stereocenters. The number of nitrogens with zero attached hydrogens (tertiary/aromatic N) is 2. The molecule has 0 aliphatic heterocycles. The molecule has 0 spiro atoms. The van der Waals surface area contributed by atoms with Crippen LogP contribution in [0.1, 0.15) is 21.6 Å². The fraction of sp³-hybridized carbons (Fsp3) is 0.200. The van der Waals surface area contributed by atoms with Gasteiger partial charge in [-0.2, -0.15) is 0 Å². The molecule has 8 heteroatoms. The number of aromatic amines is 1. The fourth-order valence-electron chi connectivity index (χ4n) is 2.77. The SMILES string of the molecule is C=CCOC(=O)c1cc2c(=O)[nH]c(=O)n(Cc3ccc(OC)cc3)c2nc1C. The number of methoxy groups -OCH3 is 1. The lowest BCUT2D eigenvalue weighted by Crippen LogP contribution is -2.31. The molecule has 8 nitrogen and oxygen atoms in total. The van der Waals surface area contributed by atoms with Crippen LogP contribution in [0.2, 0.25) is 0 Å². The van der Waals surface area contributed by atoms with Crippen molar-refractivity contribution in [2.45, 2.75) is 13.5 Å². The van der Waals surface area contributed by atoms with Crippen LogP contribution in [0.15, 0.2) is 52.6 Å². The maximum atomic E-state index is 12.4. The van der Waals surface area contributed by atoms with E-state index in [1.165, 1.54) is 16.7 Å². The summed E-state index contributed by atoms with van der Waals surface area (Å²) in [7, 11) is 1.57. The zero-order chi connectivity index (χ0) is 20.3. The molecule has 0 amide bonds. The van der Waals surface area contributed by atoms with Crippen molar-refractivity contribution in [1.29, 1.82) is 0 Å². The number of benzene rings is 1. The number of rotatable bonds is 6. The lowest BCUT2D eigenvalue weighted by molar-refractivity contribution is 0.0548. The van der Waals surface area contributed by atoms with E-state index in [0.29, 0.717) is 11.4 Å². The monoisotopic (exact) mass is 381 g/mol. The largest absolute Gasteiger partial charge is 0.497 e. The van der Waals surface area contributed by atoms with Gasteiger partial charge in [-0.15, -0.1) is 0 Å². The first kappa shape index (κ1) is 19.1. The Morgan fingerprint density at radius 1 is 1.29 bits per heavy atom. The molecule has 2 aromatic heterocycles. The summed E-state index contributed by atoms with van der Waals surface area (Å²) >= 11 is 0. The van der Waals surface area contributed by atoms with E-state index < -0.39 is 17.2 Å². The fourth-order valence-corrected chi connectivity index (χ4v) is 2.77. The van der Waals surface area contributed by atoms with Crippen molar-refractivity contribution < 1.29 is 14.3 Å². The molecule has 2 heterocycles. The molecule has 3 rings (SSSR count). The van der Waals surface area contributed by atoms with Gasteiger partial charge < -0.3 is 9.47 Å². The van der Waals surface area contributed by atoms with Crippen LogP contribution in [0, 0.1) is 6.92 Å². The van der Waals surface area contributed by atoms with Crippen molar-refractivity contribution in [3.63, 3.8) is 0 Å². The summed E-state index contributed by atoms with van der Waals surface area (Å²) in [4.78, 5) is 43.5. The van der Waals surface area contributed by atoms with E-state index in [1.807, 2.05) is 12.1 Å². The Hall–Kier alpha value is -3.68. The predicted molar refractivity (Wildman–Crippen MR) is 104 cm³/mol. The van der Waals surface area contributed by atoms with Crippen LogP contribution < -0.4 is 16.0 Å². The van der Waals surface area contributed by atoms with Gasteiger partial charge in [0.1, 0.15) is 18.0 Å². The molecule has 144 valence electrons. The minimum absolute atomic E-state index is 0.0453. The first-order chi connectivity index (χ1) is 13.4. The van der Waals surface area contributed by atoms with Crippen molar-refractivity contribution in [2.24, 2.45) is 0 Å². The second-order valence-corrected chi connectivity index (χ2v) is 6.07. The number of ether oxygens (including phenoxy) is 2. The van der Waals surface area contributed by atoms with Crippen molar-refractivity contribution >= 4 is 17.0 Å². The van der Waals surface area contributed by atoms with Gasteiger partial charge in [0, 0.05) is 0 Å². The number of carbonyl (C=O) groups excluding carboxylic acids is 1. The third kappa shape index (κ3) is 3.71. The van der Waals surface area contributed by atoms with E-state index in [-0.39, 0.29) is 29.7 Å². The molecule has 1 N–H and O–H groups in total. The van der Waals surface area contributed by atoms with Gasteiger partial charge in [-0.25, -0.2) is 14.6 Å². The zero-order valence-electron chi connectivity index (χ0n) is 15.5. The molecule has 0 fully saturated rings. The number of nitrogens with one attached hydrogen (secondary N) is 1. The van der Waals surface area contributed by atoms with Gasteiger partial charge in [-0.05, 0) is 30.7 Å². The Kier molecular flexibility index (Phi) is 5.39. The van der Waals surface area contributed by atoms with E-state index in [9.17, 15) is 14.4 Å². The van der Waals surface area contributed by atoms with Crippen LogP contribution >= 0.6 is 0 Å². The second kappa shape index (κ2) is 7.91. The van der Waals surface area contributed by atoms with Gasteiger partial charge in [0.05, 0.1) is 30.3 Å². The Labute approximate surface area is 160 Å². The van der Waals surface area contributed by atoms with E-state index in [1.54, 1.807) is 26.2 Å². The highest BCUT2D eigenvalue weighted by atomic mass is 16.5. The number of hydrogen-bond donors (Lipinski definition) is 1. The molecule has 0 radical (unpaired) electrons. The number of H-pyrrole nitrogens is 1. The number of aromatic nitrogens is 3. The second-order valence-electron chi connectivity index (χ2n) is 6.07. The highest BCUT2D eigenvalue weighted by Crippen LogP contribution is 2.16. The van der Waals surface area contributed by atoms with Crippen LogP contribution in [-0.4, -0.2) is 34.2 Å². The first-order valence-electron chi connectivity index (χ1n) is 8.50. The molecule has 0 saturated carbocycles. The first-order valence-corrected chi connectivity index (χ1v) is 8.50. The highest BCUT2D eigenvalue weighted by Gasteiger charge is 2.17. The quantitative estimate of drug-likeness (QED) is 0.516. The number of carbonyl (C=O) groups is 1. The number of fused-ring (bicyclic) bond motifs is 1. The molecule has 28 heavy (non-hydrogen) atoms. The summed E-state index contributed by atoms with van der Waals surface area (Å²) < 4.78 is 11.5. The molecular weight excluding hydrogens is 362 g/mol. The van der Waals surface area contributed by atoms with Gasteiger partial charge >= 0.3 is 11.7 Å². The molecule has 0 aliphatic carbocycles. The van der Waals surface area contributed by atoms with E-state index in [4.69, 9.17) is 9.47 Å². The molecule has 0 saturated heterocycles. The number of esters is 1. The number of pyridine rings is 1. The minimum atomic E-state index is -0.615. The van der Waals surface area contributed by atoms with E-state index in [2.05, 4.69) is 16.5 Å². The third-order valence-electron chi connectivity index (χ3n) is 4.21. The van der Waals surface area contributed by atoms with Crippen molar-refractivity contribution in [2.75, 3.05) is 13.7 Å². The van der Waals surface area contributed by atoms with E-state index in [0.717, 1.165) is 5.56 Å². The summed E-state index contributed by atoms with van der Waals surface area (Å²) in [5.74, 6) is 0.0816. The van der Waals surface area contributed by atoms with Crippen LogP contribution in [0.25, 0.3) is 11.0 Å². The Morgan fingerprint density at radius 2 is 2.00 bits per heavy atom. The molecule has 0 bridgehead atoms. The Morgan fingerprint density at radius 3 is 2.64 bits per heavy atom. The van der Waals surface area contributed by atoms with Crippen LogP contribution in [0.3, 0.4) is 0 Å². The van der Waals surface area contributed by atoms with Gasteiger partial charge in [0.25, 0.3) is 5.56 Å². The normalized spacial score (nSPS) is 10.6. The Bertz CT molecular complexity index is 1160. The molecule has 3 aromatic rings. The average Bonchev–Trinajstić information content (AvgIpc) is 2.69. The van der Waals surface area contributed by atoms with Crippen molar-refractivity contribution in [1.82, 2.24) is 14.5 Å². The number of hydrogen-bond acceptors (Lipinski definition) is 6. The summed E-state index contributed by atoms with van der Waals surface area (Å²) in [5.41, 5.74) is 0.343. The third-order valence-corrected chi connectivity index (χ3v) is 4.21. The highest BCUT2D eigenvalue weighted by molar-refractivity contribution is 5.94. The summed E-state index contributed by atoms with van der Waals surface area (Å²) in [5, 5.41) is 0.129. The van der Waals surface area contributed by atoms with Gasteiger partial charge in [-0.3, -0.25) is 14.3 Å². The van der Waals surface area contributed by atoms with E-state index >= 15 is 0 Å². The average molecular weight is 381 g/mol. The number of aryl methyl sites for hydroxylation is 1. The summed E-state index contributed by atoms with van der Waals surface area (Å²) in [6.07, 6.45) is 1.45. The molecule has 1 aromatic carbocycles. The predicted octanol–water partition coefficient (Wildman–Crippen LogP) is 1.79. The van der Waals surface area contributed by atoms with Gasteiger partial charge in [-0.1, -0.05) is 24.8 Å². The lowest BCUT2D eigenvalue weighted by atomic mass is 10.1. The van der Waals surface area contributed by atoms with Crippen LogP contribution in [-0.2, 0) is 11.3 Å². The van der Waals surface area contributed by atoms with Crippen LogP contribution in [0.5, 0.6) is 5.75 Å². The Balaban J connectivity index is 2.11. The van der Waals surface area contributed by atoms with Gasteiger partial charge in [0.15, 0.2) is 0 Å². The molecular formula is C20H19N3O5. The van der Waals surface area contributed by atoms with Crippen molar-refractivity contribution in [3.8, 4) is 5.75 Å². The zero-order valence-corrected chi connectivity index (χ0v) is 15.5.